The highest BCUT2D eigenvalue weighted by Gasteiger charge is 2.17. The molecule has 1 saturated heterocycles. The molecule has 0 spiro atoms. The first kappa shape index (κ1) is 20.5. The molecular formula is C21H22FN3O4. The standard InChI is InChI=1S/C21H22FN3O4/c1-15(23-24-21(27)18-4-2-3-5-19(18)22)16-6-8-17(9-7-16)29-14-20(26)25-10-12-28-13-11-25/h2-9H,10-14H2,1H3,(H,24,27)/b23-15-. The lowest BCUT2D eigenvalue weighted by Gasteiger charge is -2.26. The molecule has 1 aliphatic rings. The van der Waals surface area contributed by atoms with Crippen LogP contribution in [0.1, 0.15) is 22.8 Å². The highest BCUT2D eigenvalue weighted by atomic mass is 19.1. The summed E-state index contributed by atoms with van der Waals surface area (Å²) in [6, 6.07) is 12.7. The van der Waals surface area contributed by atoms with Gasteiger partial charge in [-0.15, -0.1) is 0 Å². The molecule has 0 bridgehead atoms. The van der Waals surface area contributed by atoms with Crippen LogP contribution in [0.15, 0.2) is 53.6 Å². The van der Waals surface area contributed by atoms with Crippen molar-refractivity contribution < 1.29 is 23.5 Å². The number of carbonyl (C=O) groups is 2. The van der Waals surface area contributed by atoms with Gasteiger partial charge in [-0.25, -0.2) is 9.82 Å². The minimum absolute atomic E-state index is 0.0366. The highest BCUT2D eigenvalue weighted by Crippen LogP contribution is 2.13. The average molecular weight is 399 g/mol. The fourth-order valence-corrected chi connectivity index (χ4v) is 2.75. The molecule has 2 amide bonds. The van der Waals surface area contributed by atoms with Crippen LogP contribution in [0.3, 0.4) is 0 Å². The lowest BCUT2D eigenvalue weighted by atomic mass is 10.1. The lowest BCUT2D eigenvalue weighted by Crippen LogP contribution is -2.42. The minimum Gasteiger partial charge on any atom is -0.484 e. The molecule has 152 valence electrons. The van der Waals surface area contributed by atoms with Crippen molar-refractivity contribution in [3.63, 3.8) is 0 Å². The van der Waals surface area contributed by atoms with E-state index in [9.17, 15) is 14.0 Å². The van der Waals surface area contributed by atoms with E-state index >= 15 is 0 Å². The van der Waals surface area contributed by atoms with Crippen LogP contribution in [0.2, 0.25) is 0 Å². The lowest BCUT2D eigenvalue weighted by molar-refractivity contribution is -0.137. The molecule has 29 heavy (non-hydrogen) atoms. The van der Waals surface area contributed by atoms with Crippen LogP contribution >= 0.6 is 0 Å². The molecule has 1 N–H and O–H groups in total. The predicted octanol–water partition coefficient (Wildman–Crippen LogP) is 2.22. The molecule has 7 nitrogen and oxygen atoms in total. The van der Waals surface area contributed by atoms with Gasteiger partial charge in [0.25, 0.3) is 11.8 Å². The summed E-state index contributed by atoms with van der Waals surface area (Å²) in [4.78, 5) is 25.8. The number of morpholine rings is 1. The Morgan fingerprint density at radius 2 is 1.83 bits per heavy atom. The van der Waals surface area contributed by atoms with Gasteiger partial charge in [0, 0.05) is 13.1 Å². The Morgan fingerprint density at radius 3 is 2.52 bits per heavy atom. The number of amides is 2. The zero-order chi connectivity index (χ0) is 20.6. The number of nitrogens with one attached hydrogen (secondary N) is 1. The van der Waals surface area contributed by atoms with E-state index in [2.05, 4.69) is 10.5 Å². The largest absolute Gasteiger partial charge is 0.484 e. The van der Waals surface area contributed by atoms with Crippen LogP contribution in [-0.4, -0.2) is 55.3 Å². The molecule has 0 radical (unpaired) electrons. The van der Waals surface area contributed by atoms with Crippen molar-refractivity contribution in [3.05, 3.63) is 65.5 Å². The predicted molar refractivity (Wildman–Crippen MR) is 105 cm³/mol. The van der Waals surface area contributed by atoms with Gasteiger partial charge in [-0.3, -0.25) is 9.59 Å². The third-order valence-electron chi connectivity index (χ3n) is 4.44. The molecule has 0 unspecified atom stereocenters. The van der Waals surface area contributed by atoms with Crippen molar-refractivity contribution in [2.24, 2.45) is 5.10 Å². The van der Waals surface area contributed by atoms with E-state index in [-0.39, 0.29) is 18.1 Å². The maximum atomic E-state index is 13.6. The van der Waals surface area contributed by atoms with Gasteiger partial charge >= 0.3 is 0 Å². The second-order valence-corrected chi connectivity index (χ2v) is 6.42. The normalized spacial score (nSPS) is 14.4. The zero-order valence-electron chi connectivity index (χ0n) is 16.1. The number of ether oxygens (including phenoxy) is 2. The van der Waals surface area contributed by atoms with E-state index in [1.54, 1.807) is 42.2 Å². The summed E-state index contributed by atoms with van der Waals surface area (Å²) in [5.41, 5.74) is 3.58. The fraction of sp³-hybridized carbons (Fsp3) is 0.286. The van der Waals surface area contributed by atoms with Crippen molar-refractivity contribution in [1.29, 1.82) is 0 Å². The fourth-order valence-electron chi connectivity index (χ4n) is 2.75. The topological polar surface area (TPSA) is 80.2 Å². The molecule has 1 fully saturated rings. The molecular weight excluding hydrogens is 377 g/mol. The molecule has 2 aromatic rings. The van der Waals surface area contributed by atoms with Crippen LogP contribution in [0.4, 0.5) is 4.39 Å². The Morgan fingerprint density at radius 1 is 1.14 bits per heavy atom. The number of hydrazone groups is 1. The van der Waals surface area contributed by atoms with E-state index in [1.165, 1.54) is 18.2 Å². The van der Waals surface area contributed by atoms with E-state index in [0.29, 0.717) is 37.8 Å². The van der Waals surface area contributed by atoms with Crippen molar-refractivity contribution in [2.75, 3.05) is 32.9 Å². The summed E-state index contributed by atoms with van der Waals surface area (Å²) in [7, 11) is 0. The van der Waals surface area contributed by atoms with Crippen LogP contribution in [0.5, 0.6) is 5.75 Å². The van der Waals surface area contributed by atoms with E-state index in [4.69, 9.17) is 9.47 Å². The quantitative estimate of drug-likeness (QED) is 0.597. The maximum absolute atomic E-state index is 13.6. The van der Waals surface area contributed by atoms with Gasteiger partial charge in [-0.05, 0) is 48.9 Å². The second kappa shape index (κ2) is 9.79. The Labute approximate surface area is 168 Å². The van der Waals surface area contributed by atoms with Gasteiger partial charge in [-0.2, -0.15) is 5.10 Å². The monoisotopic (exact) mass is 399 g/mol. The molecule has 0 aliphatic carbocycles. The SMILES string of the molecule is C/C(=N/NC(=O)c1ccccc1F)c1ccc(OCC(=O)N2CCOCC2)cc1. The number of hydrogen-bond donors (Lipinski definition) is 1. The van der Waals surface area contributed by atoms with Crippen LogP contribution in [-0.2, 0) is 9.53 Å². The van der Waals surface area contributed by atoms with Crippen molar-refractivity contribution in [1.82, 2.24) is 10.3 Å². The third kappa shape index (κ3) is 5.61. The Bertz CT molecular complexity index is 893. The van der Waals surface area contributed by atoms with Gasteiger partial charge in [0.1, 0.15) is 11.6 Å². The van der Waals surface area contributed by atoms with Crippen LogP contribution in [0, 0.1) is 5.82 Å². The van der Waals surface area contributed by atoms with Gasteiger partial charge in [0.2, 0.25) is 0 Å². The van der Waals surface area contributed by atoms with Crippen molar-refractivity contribution >= 4 is 17.5 Å². The first-order valence-electron chi connectivity index (χ1n) is 9.22. The van der Waals surface area contributed by atoms with E-state index < -0.39 is 11.7 Å². The molecule has 0 atom stereocenters. The third-order valence-corrected chi connectivity index (χ3v) is 4.44. The molecule has 3 rings (SSSR count). The summed E-state index contributed by atoms with van der Waals surface area (Å²) in [6.45, 7) is 3.94. The summed E-state index contributed by atoms with van der Waals surface area (Å²) in [6.07, 6.45) is 0. The molecule has 2 aromatic carbocycles. The number of nitrogens with zero attached hydrogens (tertiary/aromatic N) is 2. The second-order valence-electron chi connectivity index (χ2n) is 6.42. The molecule has 1 aliphatic heterocycles. The Hall–Kier alpha value is -3.26. The first-order valence-corrected chi connectivity index (χ1v) is 9.22. The summed E-state index contributed by atoms with van der Waals surface area (Å²) in [5, 5.41) is 4.01. The molecule has 1 heterocycles. The van der Waals surface area contributed by atoms with Crippen molar-refractivity contribution in [3.8, 4) is 5.75 Å². The number of benzene rings is 2. The molecule has 0 saturated carbocycles. The summed E-state index contributed by atoms with van der Waals surface area (Å²) < 4.78 is 24.4. The minimum atomic E-state index is -0.621. The Kier molecular flexibility index (Phi) is 6.91. The highest BCUT2D eigenvalue weighted by molar-refractivity contribution is 6.01. The molecule has 0 aromatic heterocycles. The van der Waals surface area contributed by atoms with Gasteiger partial charge in [0.05, 0.1) is 24.5 Å². The molecule has 8 heteroatoms. The maximum Gasteiger partial charge on any atom is 0.274 e. The van der Waals surface area contributed by atoms with Gasteiger partial charge in [-0.1, -0.05) is 12.1 Å². The van der Waals surface area contributed by atoms with Gasteiger partial charge in [0.15, 0.2) is 6.61 Å². The van der Waals surface area contributed by atoms with E-state index in [0.717, 1.165) is 5.56 Å². The summed E-state index contributed by atoms with van der Waals surface area (Å²) >= 11 is 0. The average Bonchev–Trinajstić information content (AvgIpc) is 2.77. The number of hydrogen-bond acceptors (Lipinski definition) is 5. The Balaban J connectivity index is 1.53. The van der Waals surface area contributed by atoms with Crippen molar-refractivity contribution in [2.45, 2.75) is 6.92 Å². The summed E-state index contributed by atoms with van der Waals surface area (Å²) in [5.74, 6) is -0.750. The number of halogens is 1. The number of rotatable bonds is 6. The first-order chi connectivity index (χ1) is 14.0. The number of carbonyl (C=O) groups excluding carboxylic acids is 2. The zero-order valence-corrected chi connectivity index (χ0v) is 16.1. The van der Waals surface area contributed by atoms with Crippen LogP contribution in [0.25, 0.3) is 0 Å². The van der Waals surface area contributed by atoms with Gasteiger partial charge < -0.3 is 14.4 Å². The van der Waals surface area contributed by atoms with Crippen LogP contribution < -0.4 is 10.2 Å². The van der Waals surface area contributed by atoms with E-state index in [1.807, 2.05) is 0 Å². The smallest absolute Gasteiger partial charge is 0.274 e.